The highest BCUT2D eigenvalue weighted by atomic mass is 79.9. The Labute approximate surface area is 130 Å². The SMILES string of the molecule is CCc1nc(N(C)Cc2cc(Br)cs2)sc1CNC. The fourth-order valence-corrected chi connectivity index (χ4v) is 4.47. The van der Waals surface area contributed by atoms with Crippen LogP contribution in [0, 0.1) is 0 Å². The first kappa shape index (κ1) is 15.0. The molecule has 0 radical (unpaired) electrons. The molecule has 0 atom stereocenters. The molecule has 0 aromatic carbocycles. The van der Waals surface area contributed by atoms with E-state index in [1.54, 1.807) is 22.7 Å². The van der Waals surface area contributed by atoms with Crippen LogP contribution in [0.5, 0.6) is 0 Å². The summed E-state index contributed by atoms with van der Waals surface area (Å²) in [6.07, 6.45) is 0.992. The number of thiazole rings is 1. The lowest BCUT2D eigenvalue weighted by atomic mass is 10.3. The molecular weight excluding hydrogens is 342 g/mol. The minimum Gasteiger partial charge on any atom is -0.346 e. The van der Waals surface area contributed by atoms with Crippen LogP contribution in [-0.2, 0) is 19.5 Å². The molecule has 2 rings (SSSR count). The van der Waals surface area contributed by atoms with Gasteiger partial charge in [0.1, 0.15) is 0 Å². The maximum Gasteiger partial charge on any atom is 0.185 e. The van der Waals surface area contributed by atoms with Gasteiger partial charge in [0.2, 0.25) is 0 Å². The molecule has 0 aliphatic rings. The van der Waals surface area contributed by atoms with E-state index < -0.39 is 0 Å². The van der Waals surface area contributed by atoms with Gasteiger partial charge in [-0.25, -0.2) is 4.98 Å². The standard InChI is InChI=1S/C13H18BrN3S2/c1-4-11-12(6-15-2)19-13(16-11)17(3)7-10-5-9(14)8-18-10/h5,8,15H,4,6-7H2,1-3H3. The summed E-state index contributed by atoms with van der Waals surface area (Å²) < 4.78 is 1.16. The molecule has 0 unspecified atom stereocenters. The van der Waals surface area contributed by atoms with E-state index in [2.05, 4.69) is 51.6 Å². The molecule has 0 fully saturated rings. The van der Waals surface area contributed by atoms with Crippen molar-refractivity contribution in [3.8, 4) is 0 Å². The third-order valence-electron chi connectivity index (χ3n) is 2.78. The number of hydrogen-bond acceptors (Lipinski definition) is 5. The summed E-state index contributed by atoms with van der Waals surface area (Å²) in [5.41, 5.74) is 1.22. The van der Waals surface area contributed by atoms with Gasteiger partial charge in [0.15, 0.2) is 5.13 Å². The summed E-state index contributed by atoms with van der Waals surface area (Å²) in [6.45, 7) is 3.97. The lowest BCUT2D eigenvalue weighted by molar-refractivity contribution is 0.813. The number of anilines is 1. The van der Waals surface area contributed by atoms with E-state index in [-0.39, 0.29) is 0 Å². The summed E-state index contributed by atoms with van der Waals surface area (Å²) in [6, 6.07) is 2.17. The lowest BCUT2D eigenvalue weighted by Gasteiger charge is -2.14. The van der Waals surface area contributed by atoms with E-state index in [0.717, 1.165) is 29.1 Å². The van der Waals surface area contributed by atoms with Crippen LogP contribution in [0.3, 0.4) is 0 Å². The topological polar surface area (TPSA) is 28.2 Å². The highest BCUT2D eigenvalue weighted by molar-refractivity contribution is 9.10. The Hall–Kier alpha value is -0.430. The van der Waals surface area contributed by atoms with Gasteiger partial charge in [-0.15, -0.1) is 22.7 Å². The van der Waals surface area contributed by atoms with E-state index in [0.29, 0.717) is 0 Å². The molecule has 0 spiro atoms. The number of hydrogen-bond donors (Lipinski definition) is 1. The Balaban J connectivity index is 2.12. The third kappa shape index (κ3) is 3.78. The van der Waals surface area contributed by atoms with Gasteiger partial charge in [-0.05, 0) is 35.5 Å². The molecule has 2 heterocycles. The summed E-state index contributed by atoms with van der Waals surface area (Å²) in [5.74, 6) is 0. The Morgan fingerprint density at radius 2 is 2.26 bits per heavy atom. The number of aromatic nitrogens is 1. The zero-order valence-electron chi connectivity index (χ0n) is 11.4. The maximum absolute atomic E-state index is 4.75. The number of aryl methyl sites for hydroxylation is 1. The van der Waals surface area contributed by atoms with E-state index in [9.17, 15) is 0 Å². The van der Waals surface area contributed by atoms with Crippen LogP contribution < -0.4 is 10.2 Å². The fourth-order valence-electron chi connectivity index (χ4n) is 1.85. The first-order chi connectivity index (χ1) is 9.13. The molecule has 19 heavy (non-hydrogen) atoms. The second-order valence-corrected chi connectivity index (χ2v) is 7.31. The molecule has 0 amide bonds. The average Bonchev–Trinajstić information content (AvgIpc) is 2.96. The Morgan fingerprint density at radius 3 is 2.84 bits per heavy atom. The van der Waals surface area contributed by atoms with Crippen molar-refractivity contribution < 1.29 is 0 Å². The summed E-state index contributed by atoms with van der Waals surface area (Å²) in [4.78, 5) is 9.66. The van der Waals surface area contributed by atoms with Crippen molar-refractivity contribution in [1.82, 2.24) is 10.3 Å². The van der Waals surface area contributed by atoms with Gasteiger partial charge < -0.3 is 10.2 Å². The minimum atomic E-state index is 0.902. The Kier molecular flexibility index (Phi) is 5.38. The lowest BCUT2D eigenvalue weighted by Crippen LogP contribution is -2.15. The molecule has 0 bridgehead atoms. The van der Waals surface area contributed by atoms with Crippen LogP contribution in [-0.4, -0.2) is 19.1 Å². The summed E-state index contributed by atoms with van der Waals surface area (Å²) in [5, 5.41) is 6.44. The second-order valence-electron chi connectivity index (χ2n) is 4.34. The van der Waals surface area contributed by atoms with Gasteiger partial charge in [0.05, 0.1) is 12.2 Å². The van der Waals surface area contributed by atoms with Crippen molar-refractivity contribution in [2.24, 2.45) is 0 Å². The number of nitrogens with zero attached hydrogens (tertiary/aromatic N) is 2. The predicted octanol–water partition coefficient (Wildman–Crippen LogP) is 3.89. The summed E-state index contributed by atoms with van der Waals surface area (Å²) >= 11 is 7.06. The molecule has 3 nitrogen and oxygen atoms in total. The van der Waals surface area contributed by atoms with Crippen LogP contribution in [0.4, 0.5) is 5.13 Å². The van der Waals surface area contributed by atoms with E-state index in [1.807, 2.05) is 7.05 Å². The first-order valence-electron chi connectivity index (χ1n) is 6.21. The van der Waals surface area contributed by atoms with Crippen LogP contribution >= 0.6 is 38.6 Å². The second kappa shape index (κ2) is 6.83. The molecular formula is C13H18BrN3S2. The van der Waals surface area contributed by atoms with Crippen molar-refractivity contribution in [2.45, 2.75) is 26.4 Å². The van der Waals surface area contributed by atoms with Crippen molar-refractivity contribution >= 4 is 43.7 Å². The normalized spacial score (nSPS) is 10.9. The van der Waals surface area contributed by atoms with Crippen molar-refractivity contribution in [3.05, 3.63) is 31.4 Å². The molecule has 0 saturated carbocycles. The molecule has 1 N–H and O–H groups in total. The average molecular weight is 360 g/mol. The summed E-state index contributed by atoms with van der Waals surface area (Å²) in [7, 11) is 4.08. The van der Waals surface area contributed by atoms with Crippen LogP contribution in [0.15, 0.2) is 15.9 Å². The molecule has 0 saturated heterocycles. The van der Waals surface area contributed by atoms with Gasteiger partial charge in [-0.3, -0.25) is 0 Å². The zero-order chi connectivity index (χ0) is 13.8. The number of nitrogens with one attached hydrogen (secondary N) is 1. The van der Waals surface area contributed by atoms with Crippen molar-refractivity contribution in [2.75, 3.05) is 19.0 Å². The van der Waals surface area contributed by atoms with Crippen LogP contribution in [0.1, 0.15) is 22.4 Å². The van der Waals surface area contributed by atoms with Crippen molar-refractivity contribution in [1.29, 1.82) is 0 Å². The highest BCUT2D eigenvalue weighted by Crippen LogP contribution is 2.28. The largest absolute Gasteiger partial charge is 0.346 e. The third-order valence-corrected chi connectivity index (χ3v) is 5.67. The Bertz CT molecular complexity index is 536. The smallest absolute Gasteiger partial charge is 0.185 e. The fraction of sp³-hybridized carbons (Fsp3) is 0.462. The molecule has 2 aromatic rings. The van der Waals surface area contributed by atoms with Gasteiger partial charge in [0, 0.05) is 33.2 Å². The van der Waals surface area contributed by atoms with Gasteiger partial charge >= 0.3 is 0 Å². The van der Waals surface area contributed by atoms with Crippen molar-refractivity contribution in [3.63, 3.8) is 0 Å². The number of halogens is 1. The van der Waals surface area contributed by atoms with E-state index in [4.69, 9.17) is 4.98 Å². The molecule has 2 aromatic heterocycles. The highest BCUT2D eigenvalue weighted by Gasteiger charge is 2.13. The molecule has 0 aliphatic carbocycles. The minimum absolute atomic E-state index is 0.902. The predicted molar refractivity (Wildman–Crippen MR) is 88.4 cm³/mol. The molecule has 6 heteroatoms. The van der Waals surface area contributed by atoms with E-state index in [1.165, 1.54) is 15.4 Å². The van der Waals surface area contributed by atoms with E-state index >= 15 is 0 Å². The van der Waals surface area contributed by atoms with Gasteiger partial charge in [-0.2, -0.15) is 0 Å². The molecule has 104 valence electrons. The zero-order valence-corrected chi connectivity index (χ0v) is 14.6. The monoisotopic (exact) mass is 359 g/mol. The number of thiophene rings is 1. The molecule has 0 aliphatic heterocycles. The van der Waals surface area contributed by atoms with Gasteiger partial charge in [-0.1, -0.05) is 6.92 Å². The van der Waals surface area contributed by atoms with Crippen LogP contribution in [0.25, 0.3) is 0 Å². The Morgan fingerprint density at radius 1 is 1.47 bits per heavy atom. The first-order valence-corrected chi connectivity index (χ1v) is 8.70. The quantitative estimate of drug-likeness (QED) is 0.847. The maximum atomic E-state index is 4.75. The van der Waals surface area contributed by atoms with Gasteiger partial charge in [0.25, 0.3) is 0 Å². The number of rotatable bonds is 6. The van der Waals surface area contributed by atoms with Crippen LogP contribution in [0.2, 0.25) is 0 Å².